The lowest BCUT2D eigenvalue weighted by Gasteiger charge is -2.38. The van der Waals surface area contributed by atoms with Crippen molar-refractivity contribution in [2.24, 2.45) is 0 Å². The molecule has 68 valence electrons. The van der Waals surface area contributed by atoms with E-state index in [2.05, 4.69) is 21.0 Å². The van der Waals surface area contributed by atoms with Gasteiger partial charge in [-0.15, -0.1) is 0 Å². The standard InChI is InChI=1S/C8H8BrN3O/c9-6-3-11-12(4-6)7-1-8(13,2-7)5-10/h3-4,7,13H,1-2H2. The second-order valence-corrected chi connectivity index (χ2v) is 4.26. The van der Waals surface area contributed by atoms with E-state index in [0.717, 1.165) is 4.47 Å². The summed E-state index contributed by atoms with van der Waals surface area (Å²) in [5.74, 6) is 0. The van der Waals surface area contributed by atoms with E-state index in [1.807, 2.05) is 12.3 Å². The summed E-state index contributed by atoms with van der Waals surface area (Å²) in [6, 6.07) is 2.05. The Hall–Kier alpha value is -0.860. The third kappa shape index (κ3) is 1.47. The predicted molar refractivity (Wildman–Crippen MR) is 48.8 cm³/mol. The molecule has 0 bridgehead atoms. The van der Waals surface area contributed by atoms with Crippen LogP contribution in [0.3, 0.4) is 0 Å². The minimum atomic E-state index is -1.12. The lowest BCUT2D eigenvalue weighted by Crippen LogP contribution is -2.43. The third-order valence-corrected chi connectivity index (χ3v) is 2.71. The summed E-state index contributed by atoms with van der Waals surface area (Å²) in [6.07, 6.45) is 4.49. The highest BCUT2D eigenvalue weighted by Gasteiger charge is 2.44. The zero-order valence-electron chi connectivity index (χ0n) is 6.81. The molecule has 2 rings (SSSR count). The van der Waals surface area contributed by atoms with E-state index >= 15 is 0 Å². The van der Waals surface area contributed by atoms with Crippen molar-refractivity contribution < 1.29 is 5.11 Å². The number of hydrogen-bond acceptors (Lipinski definition) is 3. The molecule has 1 aromatic heterocycles. The first-order valence-electron chi connectivity index (χ1n) is 3.96. The molecule has 1 saturated carbocycles. The van der Waals surface area contributed by atoms with Crippen LogP contribution >= 0.6 is 15.9 Å². The molecule has 0 saturated heterocycles. The molecule has 0 radical (unpaired) electrons. The molecule has 1 aromatic rings. The fraction of sp³-hybridized carbons (Fsp3) is 0.500. The van der Waals surface area contributed by atoms with E-state index in [9.17, 15) is 5.11 Å². The Morgan fingerprint density at radius 3 is 2.92 bits per heavy atom. The van der Waals surface area contributed by atoms with Crippen molar-refractivity contribution >= 4 is 15.9 Å². The summed E-state index contributed by atoms with van der Waals surface area (Å²) in [7, 11) is 0. The Kier molecular flexibility index (Phi) is 1.90. The Morgan fingerprint density at radius 1 is 1.77 bits per heavy atom. The van der Waals surface area contributed by atoms with Gasteiger partial charge in [-0.25, -0.2) is 0 Å². The van der Waals surface area contributed by atoms with Crippen molar-refractivity contribution in [3.05, 3.63) is 16.9 Å². The molecule has 0 amide bonds. The maximum absolute atomic E-state index is 9.44. The number of rotatable bonds is 1. The average Bonchev–Trinajstić information content (AvgIpc) is 2.46. The molecule has 4 nitrogen and oxygen atoms in total. The molecule has 0 aromatic carbocycles. The first-order valence-corrected chi connectivity index (χ1v) is 4.75. The number of nitriles is 1. The Labute approximate surface area is 83.9 Å². The van der Waals surface area contributed by atoms with Crippen LogP contribution in [-0.4, -0.2) is 20.5 Å². The van der Waals surface area contributed by atoms with E-state index in [-0.39, 0.29) is 6.04 Å². The smallest absolute Gasteiger partial charge is 0.155 e. The van der Waals surface area contributed by atoms with Gasteiger partial charge in [-0.3, -0.25) is 4.68 Å². The van der Waals surface area contributed by atoms with Crippen LogP contribution in [0.5, 0.6) is 0 Å². The Balaban J connectivity index is 2.06. The minimum absolute atomic E-state index is 0.163. The highest BCUT2D eigenvalue weighted by atomic mass is 79.9. The van der Waals surface area contributed by atoms with Gasteiger partial charge in [0, 0.05) is 19.0 Å². The summed E-state index contributed by atoms with van der Waals surface area (Å²) >= 11 is 3.29. The average molecular weight is 242 g/mol. The third-order valence-electron chi connectivity index (χ3n) is 2.30. The molecule has 0 unspecified atom stereocenters. The number of halogens is 1. The fourth-order valence-electron chi connectivity index (χ4n) is 1.51. The monoisotopic (exact) mass is 241 g/mol. The molecule has 5 heteroatoms. The first-order chi connectivity index (χ1) is 6.13. The summed E-state index contributed by atoms with van der Waals surface area (Å²) in [5.41, 5.74) is -1.12. The topological polar surface area (TPSA) is 61.8 Å². The SMILES string of the molecule is N#CC1(O)CC(n2cc(Br)cn2)C1. The highest BCUT2D eigenvalue weighted by Crippen LogP contribution is 2.40. The minimum Gasteiger partial charge on any atom is -0.375 e. The van der Waals surface area contributed by atoms with Gasteiger partial charge in [0.05, 0.1) is 22.8 Å². The van der Waals surface area contributed by atoms with Crippen LogP contribution in [0.25, 0.3) is 0 Å². The van der Waals surface area contributed by atoms with Gasteiger partial charge in [-0.1, -0.05) is 0 Å². The van der Waals surface area contributed by atoms with Crippen LogP contribution < -0.4 is 0 Å². The highest BCUT2D eigenvalue weighted by molar-refractivity contribution is 9.10. The maximum atomic E-state index is 9.44. The molecular formula is C8H8BrN3O. The van der Waals surface area contributed by atoms with Crippen LogP contribution in [-0.2, 0) is 0 Å². The summed E-state index contributed by atoms with van der Waals surface area (Å²) < 4.78 is 2.69. The van der Waals surface area contributed by atoms with Crippen LogP contribution in [0, 0.1) is 11.3 Å². The molecule has 0 spiro atoms. The van der Waals surface area contributed by atoms with Crippen molar-refractivity contribution in [3.63, 3.8) is 0 Å². The van der Waals surface area contributed by atoms with Gasteiger partial charge in [-0.2, -0.15) is 10.4 Å². The second kappa shape index (κ2) is 2.82. The van der Waals surface area contributed by atoms with Gasteiger partial charge in [0.25, 0.3) is 0 Å². The summed E-state index contributed by atoms with van der Waals surface area (Å²) in [6.45, 7) is 0. The van der Waals surface area contributed by atoms with Gasteiger partial charge in [-0.05, 0) is 15.9 Å². The van der Waals surface area contributed by atoms with Gasteiger partial charge >= 0.3 is 0 Å². The van der Waals surface area contributed by atoms with E-state index < -0.39 is 5.60 Å². The lowest BCUT2D eigenvalue weighted by molar-refractivity contribution is -0.0217. The second-order valence-electron chi connectivity index (χ2n) is 3.34. The van der Waals surface area contributed by atoms with Crippen molar-refractivity contribution in [2.45, 2.75) is 24.5 Å². The van der Waals surface area contributed by atoms with E-state index in [4.69, 9.17) is 5.26 Å². The van der Waals surface area contributed by atoms with Crippen LogP contribution in [0.1, 0.15) is 18.9 Å². The predicted octanol–water partition coefficient (Wildman–Crippen LogP) is 1.24. The van der Waals surface area contributed by atoms with E-state index in [1.54, 1.807) is 10.9 Å². The normalized spacial score (nSPS) is 32.2. The summed E-state index contributed by atoms with van der Waals surface area (Å²) in [4.78, 5) is 0. The molecule has 0 atom stereocenters. The zero-order chi connectivity index (χ0) is 9.47. The first kappa shape index (κ1) is 8.73. The molecule has 13 heavy (non-hydrogen) atoms. The molecule has 1 aliphatic carbocycles. The van der Waals surface area contributed by atoms with Crippen molar-refractivity contribution in [1.29, 1.82) is 5.26 Å². The maximum Gasteiger partial charge on any atom is 0.155 e. The Bertz CT molecular complexity index is 362. The fourth-order valence-corrected chi connectivity index (χ4v) is 1.81. The van der Waals surface area contributed by atoms with Gasteiger partial charge < -0.3 is 5.11 Å². The molecule has 1 N–H and O–H groups in total. The molecule has 1 heterocycles. The number of aliphatic hydroxyl groups is 1. The van der Waals surface area contributed by atoms with E-state index in [1.165, 1.54) is 0 Å². The molecular weight excluding hydrogens is 234 g/mol. The van der Waals surface area contributed by atoms with Crippen LogP contribution in [0.15, 0.2) is 16.9 Å². The van der Waals surface area contributed by atoms with Crippen molar-refractivity contribution in [3.8, 4) is 6.07 Å². The largest absolute Gasteiger partial charge is 0.375 e. The molecule has 0 aliphatic heterocycles. The van der Waals surface area contributed by atoms with Gasteiger partial charge in [0.1, 0.15) is 0 Å². The molecule has 1 aliphatic rings. The van der Waals surface area contributed by atoms with Gasteiger partial charge in [0.2, 0.25) is 0 Å². The quantitative estimate of drug-likeness (QED) is 0.753. The zero-order valence-corrected chi connectivity index (χ0v) is 8.40. The summed E-state index contributed by atoms with van der Waals surface area (Å²) in [5, 5.41) is 22.1. The van der Waals surface area contributed by atoms with Crippen LogP contribution in [0.4, 0.5) is 0 Å². The number of nitrogens with zero attached hydrogens (tertiary/aromatic N) is 3. The lowest BCUT2D eigenvalue weighted by atomic mass is 9.77. The van der Waals surface area contributed by atoms with Crippen LogP contribution in [0.2, 0.25) is 0 Å². The van der Waals surface area contributed by atoms with E-state index in [0.29, 0.717) is 12.8 Å². The van der Waals surface area contributed by atoms with Crippen molar-refractivity contribution in [1.82, 2.24) is 9.78 Å². The Morgan fingerprint density at radius 2 is 2.46 bits per heavy atom. The number of hydrogen-bond donors (Lipinski definition) is 1. The number of aromatic nitrogens is 2. The van der Waals surface area contributed by atoms with Crippen molar-refractivity contribution in [2.75, 3.05) is 0 Å². The molecule has 1 fully saturated rings. The van der Waals surface area contributed by atoms with Gasteiger partial charge in [0.15, 0.2) is 5.60 Å².